The minimum Gasteiger partial charge on any atom is -0.398 e. The first kappa shape index (κ1) is 10.2. The fourth-order valence-corrected chi connectivity index (χ4v) is 1.61. The molecule has 0 amide bonds. The summed E-state index contributed by atoms with van der Waals surface area (Å²) in [6.45, 7) is 0. The molecule has 0 aliphatic rings. The van der Waals surface area contributed by atoms with Crippen LogP contribution in [0.5, 0.6) is 0 Å². The summed E-state index contributed by atoms with van der Waals surface area (Å²) in [4.78, 5) is 0. The number of nitrogen functional groups attached to an aromatic ring is 1. The minimum absolute atomic E-state index is 0.676. The van der Waals surface area contributed by atoms with E-state index in [2.05, 4.69) is 5.10 Å². The second-order valence-corrected chi connectivity index (χ2v) is 3.43. The Morgan fingerprint density at radius 3 is 2.12 bits per heavy atom. The maximum Gasteiger partial charge on any atom is 0.0991 e. The van der Waals surface area contributed by atoms with Crippen LogP contribution in [0.4, 0.5) is 5.69 Å². The minimum atomic E-state index is 0.676. The van der Waals surface area contributed by atoms with Gasteiger partial charge < -0.3 is 11.6 Å². The van der Waals surface area contributed by atoms with Crippen LogP contribution in [-0.4, -0.2) is 5.71 Å². The van der Waals surface area contributed by atoms with E-state index in [1.807, 2.05) is 54.6 Å². The molecule has 2 aromatic rings. The molecule has 0 heterocycles. The fourth-order valence-electron chi connectivity index (χ4n) is 1.61. The van der Waals surface area contributed by atoms with Gasteiger partial charge in [0.05, 0.1) is 5.71 Å². The highest BCUT2D eigenvalue weighted by Crippen LogP contribution is 2.16. The van der Waals surface area contributed by atoms with Gasteiger partial charge in [-0.3, -0.25) is 0 Å². The summed E-state index contributed by atoms with van der Waals surface area (Å²) in [6.07, 6.45) is 0. The molecule has 0 aliphatic heterocycles. The van der Waals surface area contributed by atoms with E-state index >= 15 is 0 Å². The highest BCUT2D eigenvalue weighted by molar-refractivity contribution is 6.15. The molecule has 4 N–H and O–H groups in total. The van der Waals surface area contributed by atoms with E-state index in [1.165, 1.54) is 0 Å². The lowest BCUT2D eigenvalue weighted by molar-refractivity contribution is 1.24. The second-order valence-electron chi connectivity index (χ2n) is 3.43. The van der Waals surface area contributed by atoms with Gasteiger partial charge in [-0.2, -0.15) is 5.10 Å². The van der Waals surface area contributed by atoms with Crippen molar-refractivity contribution in [2.75, 3.05) is 5.73 Å². The van der Waals surface area contributed by atoms with Crippen molar-refractivity contribution in [3.63, 3.8) is 0 Å². The maximum atomic E-state index is 5.90. The first-order valence-electron chi connectivity index (χ1n) is 5.01. The summed E-state index contributed by atoms with van der Waals surface area (Å²) >= 11 is 0. The smallest absolute Gasteiger partial charge is 0.0991 e. The van der Waals surface area contributed by atoms with Crippen molar-refractivity contribution in [2.24, 2.45) is 10.9 Å². The second kappa shape index (κ2) is 4.49. The van der Waals surface area contributed by atoms with E-state index < -0.39 is 0 Å². The molecule has 3 heteroatoms. The van der Waals surface area contributed by atoms with Crippen LogP contribution in [0.1, 0.15) is 11.1 Å². The van der Waals surface area contributed by atoms with Gasteiger partial charge in [-0.1, -0.05) is 48.5 Å². The Morgan fingerprint density at radius 1 is 0.875 bits per heavy atom. The van der Waals surface area contributed by atoms with Gasteiger partial charge in [0.2, 0.25) is 0 Å². The van der Waals surface area contributed by atoms with Crippen molar-refractivity contribution in [2.45, 2.75) is 0 Å². The first-order chi connectivity index (χ1) is 7.83. The standard InChI is InChI=1S/C13H13N3/c14-12-9-5-4-8-11(12)13(16-15)10-6-2-1-3-7-10/h1-9H,14-15H2/b16-13+. The molecule has 0 atom stereocenters. The Balaban J connectivity index is 2.51. The van der Waals surface area contributed by atoms with Crippen molar-refractivity contribution in [1.29, 1.82) is 0 Å². The number of anilines is 1. The normalized spacial score (nSPS) is 11.4. The van der Waals surface area contributed by atoms with E-state index in [9.17, 15) is 0 Å². The van der Waals surface area contributed by atoms with Crippen LogP contribution in [0.2, 0.25) is 0 Å². The van der Waals surface area contributed by atoms with Crippen LogP contribution in [0.25, 0.3) is 0 Å². The molecular formula is C13H13N3. The molecule has 16 heavy (non-hydrogen) atoms. The molecule has 3 nitrogen and oxygen atoms in total. The van der Waals surface area contributed by atoms with Crippen LogP contribution in [0.15, 0.2) is 59.7 Å². The molecule has 0 bridgehead atoms. The average molecular weight is 211 g/mol. The van der Waals surface area contributed by atoms with E-state index in [-0.39, 0.29) is 0 Å². The van der Waals surface area contributed by atoms with Crippen molar-refractivity contribution in [3.05, 3.63) is 65.7 Å². The molecule has 0 saturated carbocycles. The summed E-state index contributed by atoms with van der Waals surface area (Å²) in [7, 11) is 0. The van der Waals surface area contributed by atoms with Gasteiger partial charge in [-0.15, -0.1) is 0 Å². The zero-order valence-electron chi connectivity index (χ0n) is 8.80. The summed E-state index contributed by atoms with van der Waals surface area (Å²) < 4.78 is 0. The predicted octanol–water partition coefficient (Wildman–Crippen LogP) is 1.98. The average Bonchev–Trinajstić information content (AvgIpc) is 2.34. The number of hydrazone groups is 1. The summed E-state index contributed by atoms with van der Waals surface area (Å²) in [6, 6.07) is 17.3. The van der Waals surface area contributed by atoms with E-state index in [0.717, 1.165) is 11.1 Å². The lowest BCUT2D eigenvalue weighted by Crippen LogP contribution is -2.08. The third-order valence-electron chi connectivity index (χ3n) is 2.39. The molecule has 0 aliphatic carbocycles. The van der Waals surface area contributed by atoms with Crippen LogP contribution in [0.3, 0.4) is 0 Å². The zero-order chi connectivity index (χ0) is 11.4. The molecule has 0 saturated heterocycles. The fraction of sp³-hybridized carbons (Fsp3) is 0. The molecular weight excluding hydrogens is 198 g/mol. The van der Waals surface area contributed by atoms with Crippen molar-refractivity contribution in [3.8, 4) is 0 Å². The Kier molecular flexibility index (Phi) is 2.87. The predicted molar refractivity (Wildman–Crippen MR) is 67.1 cm³/mol. The first-order valence-corrected chi connectivity index (χ1v) is 5.01. The Bertz CT molecular complexity index is 504. The topological polar surface area (TPSA) is 64.4 Å². The Labute approximate surface area is 94.4 Å². The van der Waals surface area contributed by atoms with Gasteiger partial charge in [-0.05, 0) is 6.07 Å². The lowest BCUT2D eigenvalue weighted by Gasteiger charge is -2.08. The Morgan fingerprint density at radius 2 is 1.50 bits per heavy atom. The highest BCUT2D eigenvalue weighted by Gasteiger charge is 2.08. The largest absolute Gasteiger partial charge is 0.398 e. The third-order valence-corrected chi connectivity index (χ3v) is 2.39. The number of hydrogen-bond acceptors (Lipinski definition) is 3. The van der Waals surface area contributed by atoms with Gasteiger partial charge >= 0.3 is 0 Å². The van der Waals surface area contributed by atoms with Crippen molar-refractivity contribution >= 4 is 11.4 Å². The zero-order valence-corrected chi connectivity index (χ0v) is 8.80. The van der Waals surface area contributed by atoms with Crippen LogP contribution < -0.4 is 11.6 Å². The number of nitrogens with zero attached hydrogens (tertiary/aromatic N) is 1. The van der Waals surface area contributed by atoms with Crippen molar-refractivity contribution in [1.82, 2.24) is 0 Å². The SMILES string of the molecule is N/N=C(\c1ccccc1)c1ccccc1N. The molecule has 0 unspecified atom stereocenters. The van der Waals surface area contributed by atoms with Crippen LogP contribution in [0, 0.1) is 0 Å². The third kappa shape index (κ3) is 1.88. The summed E-state index contributed by atoms with van der Waals surface area (Å²) in [5.41, 5.74) is 9.10. The molecule has 0 fully saturated rings. The number of rotatable bonds is 2. The maximum absolute atomic E-state index is 5.90. The quantitative estimate of drug-likeness (QED) is 0.345. The molecule has 80 valence electrons. The van der Waals surface area contributed by atoms with E-state index in [4.69, 9.17) is 11.6 Å². The molecule has 2 rings (SSSR count). The van der Waals surface area contributed by atoms with E-state index in [0.29, 0.717) is 11.4 Å². The van der Waals surface area contributed by atoms with Gasteiger partial charge in [0, 0.05) is 16.8 Å². The van der Waals surface area contributed by atoms with Gasteiger partial charge in [-0.25, -0.2) is 0 Å². The van der Waals surface area contributed by atoms with Crippen LogP contribution in [-0.2, 0) is 0 Å². The van der Waals surface area contributed by atoms with Gasteiger partial charge in [0.15, 0.2) is 0 Å². The van der Waals surface area contributed by atoms with E-state index in [1.54, 1.807) is 0 Å². The van der Waals surface area contributed by atoms with Crippen LogP contribution >= 0.6 is 0 Å². The van der Waals surface area contributed by atoms with Gasteiger partial charge in [0.25, 0.3) is 0 Å². The Hall–Kier alpha value is -2.29. The molecule has 0 aromatic heterocycles. The number of nitrogens with two attached hydrogens (primary N) is 2. The number of para-hydroxylation sites is 1. The lowest BCUT2D eigenvalue weighted by atomic mass is 10.0. The molecule has 0 radical (unpaired) electrons. The molecule has 2 aromatic carbocycles. The molecule has 0 spiro atoms. The summed E-state index contributed by atoms with van der Waals surface area (Å²) in [5, 5.41) is 3.83. The van der Waals surface area contributed by atoms with Crippen molar-refractivity contribution < 1.29 is 0 Å². The number of benzene rings is 2. The van der Waals surface area contributed by atoms with Gasteiger partial charge in [0.1, 0.15) is 0 Å². The summed E-state index contributed by atoms with van der Waals surface area (Å²) in [5.74, 6) is 5.44. The number of hydrogen-bond donors (Lipinski definition) is 2. The monoisotopic (exact) mass is 211 g/mol. The highest BCUT2D eigenvalue weighted by atomic mass is 15.1.